The fraction of sp³-hybridized carbons (Fsp3) is 0.0714. The van der Waals surface area contributed by atoms with E-state index in [-0.39, 0.29) is 5.75 Å². The van der Waals surface area contributed by atoms with Gasteiger partial charge in [-0.2, -0.15) is 5.10 Å². The number of methoxy groups -OCH3 is 1. The Morgan fingerprint density at radius 1 is 1.20 bits per heavy atom. The Morgan fingerprint density at radius 3 is 2.55 bits per heavy atom. The third-order valence-electron chi connectivity index (χ3n) is 2.54. The summed E-state index contributed by atoms with van der Waals surface area (Å²) in [5, 5.41) is 13.8. The number of nitrogens with zero attached hydrogens (tertiary/aromatic N) is 1. The molecule has 0 saturated carbocycles. The van der Waals surface area contributed by atoms with Gasteiger partial charge in [-0.3, -0.25) is 5.43 Å². The number of benzene rings is 2. The van der Waals surface area contributed by atoms with Gasteiger partial charge in [0.05, 0.1) is 19.0 Å². The van der Waals surface area contributed by atoms with E-state index in [9.17, 15) is 5.11 Å². The number of rotatable bonds is 4. The first kappa shape index (κ1) is 14.9. The molecular weight excluding hydrogens is 388 g/mol. The highest BCUT2D eigenvalue weighted by Gasteiger charge is 2.06. The maximum absolute atomic E-state index is 9.63. The topological polar surface area (TPSA) is 53.8 Å². The summed E-state index contributed by atoms with van der Waals surface area (Å²) in [6.45, 7) is 0. The summed E-state index contributed by atoms with van der Waals surface area (Å²) in [5.74, 6) is 0.482. The first-order chi connectivity index (χ1) is 9.60. The lowest BCUT2D eigenvalue weighted by molar-refractivity contribution is 0.373. The zero-order valence-electron chi connectivity index (χ0n) is 10.6. The molecule has 0 unspecified atom stereocenters. The van der Waals surface area contributed by atoms with Gasteiger partial charge in [-0.1, -0.05) is 15.9 Å². The summed E-state index contributed by atoms with van der Waals surface area (Å²) < 4.78 is 6.81. The van der Waals surface area contributed by atoms with Crippen LogP contribution in [-0.2, 0) is 0 Å². The molecule has 0 atom stereocenters. The molecule has 2 N–H and O–H groups in total. The van der Waals surface area contributed by atoms with Crippen molar-refractivity contribution in [2.45, 2.75) is 0 Å². The summed E-state index contributed by atoms with van der Waals surface area (Å²) in [4.78, 5) is 0. The third kappa shape index (κ3) is 3.74. The molecular formula is C14H12Br2N2O2. The van der Waals surface area contributed by atoms with Crippen LogP contribution < -0.4 is 10.2 Å². The highest BCUT2D eigenvalue weighted by Crippen LogP contribution is 2.31. The van der Waals surface area contributed by atoms with Crippen LogP contribution in [0.4, 0.5) is 5.69 Å². The number of halogens is 2. The zero-order valence-corrected chi connectivity index (χ0v) is 13.8. The van der Waals surface area contributed by atoms with E-state index in [0.29, 0.717) is 5.75 Å². The van der Waals surface area contributed by atoms with Gasteiger partial charge in [0.25, 0.3) is 0 Å². The summed E-state index contributed by atoms with van der Waals surface area (Å²) in [7, 11) is 1.50. The SMILES string of the molecule is COc1cc(/C=N\Nc2ccc(Br)cc2)c(Br)cc1O. The Bertz CT molecular complexity index is 628. The van der Waals surface area contributed by atoms with Crippen molar-refractivity contribution in [3.05, 3.63) is 50.9 Å². The van der Waals surface area contributed by atoms with Crippen molar-refractivity contribution in [2.75, 3.05) is 12.5 Å². The fourth-order valence-electron chi connectivity index (χ4n) is 1.52. The lowest BCUT2D eigenvalue weighted by atomic mass is 10.2. The lowest BCUT2D eigenvalue weighted by Gasteiger charge is -2.06. The largest absolute Gasteiger partial charge is 0.504 e. The monoisotopic (exact) mass is 398 g/mol. The highest BCUT2D eigenvalue weighted by atomic mass is 79.9. The van der Waals surface area contributed by atoms with E-state index in [0.717, 1.165) is 20.2 Å². The lowest BCUT2D eigenvalue weighted by Crippen LogP contribution is -1.93. The van der Waals surface area contributed by atoms with Crippen LogP contribution in [0.25, 0.3) is 0 Å². The molecule has 0 bridgehead atoms. The van der Waals surface area contributed by atoms with Crippen LogP contribution in [0.5, 0.6) is 11.5 Å². The van der Waals surface area contributed by atoms with Crippen LogP contribution in [0.2, 0.25) is 0 Å². The number of phenolic OH excluding ortho intramolecular Hbond substituents is 1. The van der Waals surface area contributed by atoms with Crippen molar-refractivity contribution >= 4 is 43.8 Å². The molecule has 4 nitrogen and oxygen atoms in total. The first-order valence-corrected chi connectivity index (χ1v) is 7.30. The van der Waals surface area contributed by atoms with E-state index in [1.165, 1.54) is 7.11 Å². The van der Waals surface area contributed by atoms with Crippen molar-refractivity contribution in [2.24, 2.45) is 5.10 Å². The zero-order chi connectivity index (χ0) is 14.5. The Morgan fingerprint density at radius 2 is 1.90 bits per heavy atom. The third-order valence-corrected chi connectivity index (χ3v) is 3.76. The van der Waals surface area contributed by atoms with Gasteiger partial charge in [-0.15, -0.1) is 0 Å². The van der Waals surface area contributed by atoms with E-state index in [1.54, 1.807) is 18.3 Å². The molecule has 0 spiro atoms. The molecule has 2 aromatic carbocycles. The molecule has 0 heterocycles. The minimum Gasteiger partial charge on any atom is -0.504 e. The molecule has 0 radical (unpaired) electrons. The predicted molar refractivity (Wildman–Crippen MR) is 87.7 cm³/mol. The molecule has 0 fully saturated rings. The first-order valence-electron chi connectivity index (χ1n) is 5.71. The summed E-state index contributed by atoms with van der Waals surface area (Å²) in [6, 6.07) is 10.9. The number of aromatic hydroxyl groups is 1. The molecule has 0 amide bonds. The molecule has 6 heteroatoms. The maximum atomic E-state index is 9.63. The number of anilines is 1. The quantitative estimate of drug-likeness (QED) is 0.592. The summed E-state index contributed by atoms with van der Waals surface area (Å²) >= 11 is 6.74. The van der Waals surface area contributed by atoms with Crippen LogP contribution in [-0.4, -0.2) is 18.4 Å². The number of hydrogen-bond acceptors (Lipinski definition) is 4. The standard InChI is InChI=1S/C14H12Br2N2O2/c1-20-14-6-9(12(16)7-13(14)19)8-17-18-11-4-2-10(15)3-5-11/h2-8,18-19H,1H3/b17-8-. The normalized spacial score (nSPS) is 10.8. The predicted octanol–water partition coefficient (Wildman–Crippen LogP) is 4.37. The van der Waals surface area contributed by atoms with Crippen LogP contribution in [0.1, 0.15) is 5.56 Å². The van der Waals surface area contributed by atoms with Crippen LogP contribution in [0, 0.1) is 0 Å². The van der Waals surface area contributed by atoms with Gasteiger partial charge in [0.1, 0.15) is 0 Å². The van der Waals surface area contributed by atoms with Gasteiger partial charge < -0.3 is 9.84 Å². The second-order valence-corrected chi connectivity index (χ2v) is 5.69. The maximum Gasteiger partial charge on any atom is 0.161 e. The van der Waals surface area contributed by atoms with Gasteiger partial charge in [-0.05, 0) is 52.3 Å². The highest BCUT2D eigenvalue weighted by molar-refractivity contribution is 9.10. The molecule has 2 rings (SSSR count). The molecule has 0 aromatic heterocycles. The molecule has 104 valence electrons. The van der Waals surface area contributed by atoms with Crippen molar-refractivity contribution in [1.29, 1.82) is 0 Å². The van der Waals surface area contributed by atoms with Gasteiger partial charge in [0, 0.05) is 14.5 Å². The van der Waals surface area contributed by atoms with Crippen molar-refractivity contribution in [3.8, 4) is 11.5 Å². The number of ether oxygens (including phenoxy) is 1. The minimum absolute atomic E-state index is 0.0809. The molecule has 0 saturated heterocycles. The summed E-state index contributed by atoms with van der Waals surface area (Å²) in [6.07, 6.45) is 1.65. The van der Waals surface area contributed by atoms with Crippen molar-refractivity contribution in [3.63, 3.8) is 0 Å². The molecule has 0 aliphatic heterocycles. The number of nitrogens with one attached hydrogen (secondary N) is 1. The minimum atomic E-state index is 0.0809. The van der Waals surface area contributed by atoms with Gasteiger partial charge in [0.15, 0.2) is 11.5 Å². The Balaban J connectivity index is 2.13. The number of phenols is 1. The molecule has 2 aromatic rings. The van der Waals surface area contributed by atoms with Gasteiger partial charge >= 0.3 is 0 Å². The van der Waals surface area contributed by atoms with Gasteiger partial charge in [0.2, 0.25) is 0 Å². The summed E-state index contributed by atoms with van der Waals surface area (Å²) in [5.41, 5.74) is 4.60. The molecule has 0 aliphatic rings. The Kier molecular flexibility index (Phi) is 5.03. The van der Waals surface area contributed by atoms with Crippen LogP contribution in [0.15, 0.2) is 50.4 Å². The second-order valence-electron chi connectivity index (χ2n) is 3.92. The molecule has 0 aliphatic carbocycles. The smallest absolute Gasteiger partial charge is 0.161 e. The van der Waals surface area contributed by atoms with Gasteiger partial charge in [-0.25, -0.2) is 0 Å². The van der Waals surface area contributed by atoms with Crippen LogP contribution in [0.3, 0.4) is 0 Å². The average Bonchev–Trinajstić information content (AvgIpc) is 2.43. The fourth-order valence-corrected chi connectivity index (χ4v) is 2.22. The Labute approximate surface area is 133 Å². The number of hydrazone groups is 1. The van der Waals surface area contributed by atoms with E-state index in [2.05, 4.69) is 42.4 Å². The molecule has 20 heavy (non-hydrogen) atoms. The Hall–Kier alpha value is -1.53. The van der Waals surface area contributed by atoms with E-state index >= 15 is 0 Å². The van der Waals surface area contributed by atoms with Crippen molar-refractivity contribution < 1.29 is 9.84 Å². The van der Waals surface area contributed by atoms with Crippen LogP contribution >= 0.6 is 31.9 Å². The number of hydrogen-bond donors (Lipinski definition) is 2. The average molecular weight is 400 g/mol. The van der Waals surface area contributed by atoms with E-state index in [1.807, 2.05) is 24.3 Å². The van der Waals surface area contributed by atoms with E-state index in [4.69, 9.17) is 4.74 Å². The second kappa shape index (κ2) is 6.76. The van der Waals surface area contributed by atoms with E-state index < -0.39 is 0 Å². The van der Waals surface area contributed by atoms with Crippen molar-refractivity contribution in [1.82, 2.24) is 0 Å².